The summed E-state index contributed by atoms with van der Waals surface area (Å²) >= 11 is 9.26. The van der Waals surface area contributed by atoms with Crippen LogP contribution in [-0.2, 0) is 0 Å². The van der Waals surface area contributed by atoms with Gasteiger partial charge in [-0.2, -0.15) is 0 Å². The van der Waals surface area contributed by atoms with Gasteiger partial charge in [-0.15, -0.1) is 0 Å². The highest BCUT2D eigenvalue weighted by Gasteiger charge is 2.12. The molecule has 1 amide bonds. The van der Waals surface area contributed by atoms with E-state index >= 15 is 0 Å². The predicted octanol–water partition coefficient (Wildman–Crippen LogP) is 4.18. The van der Waals surface area contributed by atoms with Crippen molar-refractivity contribution in [1.82, 2.24) is 5.32 Å². The lowest BCUT2D eigenvalue weighted by Gasteiger charge is -2.15. The normalized spacial score (nSPS) is 11.9. The molecule has 20 heavy (non-hydrogen) atoms. The largest absolute Gasteiger partial charge is 0.398 e. The van der Waals surface area contributed by atoms with Crippen LogP contribution in [0.1, 0.15) is 28.9 Å². The quantitative estimate of drug-likeness (QED) is 0.813. The van der Waals surface area contributed by atoms with Crippen LogP contribution in [-0.4, -0.2) is 5.91 Å². The first-order valence-corrected chi connectivity index (χ1v) is 7.26. The van der Waals surface area contributed by atoms with Gasteiger partial charge in [-0.05, 0) is 42.8 Å². The van der Waals surface area contributed by atoms with E-state index < -0.39 is 0 Å². The van der Waals surface area contributed by atoms with Crippen molar-refractivity contribution in [2.24, 2.45) is 0 Å². The van der Waals surface area contributed by atoms with E-state index in [2.05, 4.69) is 21.2 Å². The van der Waals surface area contributed by atoms with Gasteiger partial charge in [0.1, 0.15) is 0 Å². The Balaban J connectivity index is 2.13. The Labute approximate surface area is 131 Å². The van der Waals surface area contributed by atoms with Crippen molar-refractivity contribution < 1.29 is 4.79 Å². The predicted molar refractivity (Wildman–Crippen MR) is 85.9 cm³/mol. The highest BCUT2D eigenvalue weighted by Crippen LogP contribution is 2.21. The molecule has 0 spiro atoms. The highest BCUT2D eigenvalue weighted by molar-refractivity contribution is 9.10. The molecule has 3 nitrogen and oxygen atoms in total. The molecular formula is C15H14BrClN2O. The third-order valence-electron chi connectivity index (χ3n) is 2.95. The molecule has 0 heterocycles. The van der Waals surface area contributed by atoms with E-state index in [0.717, 1.165) is 10.0 Å². The summed E-state index contributed by atoms with van der Waals surface area (Å²) in [6, 6.07) is 12.6. The lowest BCUT2D eigenvalue weighted by Crippen LogP contribution is -2.26. The van der Waals surface area contributed by atoms with E-state index in [0.29, 0.717) is 16.3 Å². The van der Waals surface area contributed by atoms with Gasteiger partial charge in [-0.3, -0.25) is 4.79 Å². The van der Waals surface area contributed by atoms with Crippen LogP contribution in [0.25, 0.3) is 0 Å². The molecule has 2 aromatic rings. The number of anilines is 1. The second kappa shape index (κ2) is 6.29. The summed E-state index contributed by atoms with van der Waals surface area (Å²) < 4.78 is 0.979. The van der Waals surface area contributed by atoms with Gasteiger partial charge in [0.05, 0.1) is 16.8 Å². The molecule has 0 fully saturated rings. The minimum Gasteiger partial charge on any atom is -0.398 e. The number of carbonyl (C=O) groups is 1. The van der Waals surface area contributed by atoms with Crippen LogP contribution in [0.4, 0.5) is 5.69 Å². The molecule has 0 radical (unpaired) electrons. The van der Waals surface area contributed by atoms with Crippen molar-refractivity contribution in [3.8, 4) is 0 Å². The summed E-state index contributed by atoms with van der Waals surface area (Å²) in [5, 5.41) is 3.37. The van der Waals surface area contributed by atoms with Gasteiger partial charge in [-0.25, -0.2) is 0 Å². The van der Waals surface area contributed by atoms with Crippen LogP contribution in [0, 0.1) is 0 Å². The Bertz CT molecular complexity index is 646. The first-order valence-electron chi connectivity index (χ1n) is 6.08. The third-order valence-corrected chi connectivity index (χ3v) is 3.79. The molecular weight excluding hydrogens is 340 g/mol. The highest BCUT2D eigenvalue weighted by atomic mass is 79.9. The number of halogens is 2. The molecule has 104 valence electrons. The van der Waals surface area contributed by atoms with Gasteiger partial charge in [0.2, 0.25) is 0 Å². The number of nitrogens with two attached hydrogens (primary N) is 1. The first-order chi connectivity index (χ1) is 9.47. The van der Waals surface area contributed by atoms with Crippen LogP contribution >= 0.6 is 27.5 Å². The van der Waals surface area contributed by atoms with Gasteiger partial charge >= 0.3 is 0 Å². The molecule has 0 saturated carbocycles. The fourth-order valence-electron chi connectivity index (χ4n) is 1.82. The van der Waals surface area contributed by atoms with E-state index in [1.54, 1.807) is 18.2 Å². The molecule has 2 aromatic carbocycles. The number of hydrogen-bond donors (Lipinski definition) is 2. The maximum Gasteiger partial charge on any atom is 0.251 e. The molecule has 0 bridgehead atoms. The molecule has 0 saturated heterocycles. The van der Waals surface area contributed by atoms with Crippen LogP contribution in [0.2, 0.25) is 5.02 Å². The first kappa shape index (κ1) is 14.9. The molecule has 2 rings (SSSR count). The Morgan fingerprint density at radius 1 is 1.30 bits per heavy atom. The average molecular weight is 354 g/mol. The number of nitrogens with one attached hydrogen (secondary N) is 1. The van der Waals surface area contributed by atoms with E-state index in [-0.39, 0.29) is 11.9 Å². The molecule has 1 atom stereocenters. The van der Waals surface area contributed by atoms with E-state index in [4.69, 9.17) is 17.3 Å². The summed E-state index contributed by atoms with van der Waals surface area (Å²) in [6.07, 6.45) is 0. The van der Waals surface area contributed by atoms with Crippen molar-refractivity contribution >= 4 is 39.1 Å². The number of rotatable bonds is 3. The second-order valence-electron chi connectivity index (χ2n) is 4.49. The zero-order valence-electron chi connectivity index (χ0n) is 10.9. The minimum absolute atomic E-state index is 0.100. The zero-order chi connectivity index (χ0) is 14.7. The van der Waals surface area contributed by atoms with E-state index in [1.165, 1.54) is 0 Å². The van der Waals surface area contributed by atoms with Gasteiger partial charge in [0.15, 0.2) is 0 Å². The van der Waals surface area contributed by atoms with E-state index in [1.807, 2.05) is 31.2 Å². The lowest BCUT2D eigenvalue weighted by atomic mass is 10.1. The number of benzene rings is 2. The average Bonchev–Trinajstić information content (AvgIpc) is 2.41. The molecule has 0 aliphatic rings. The van der Waals surface area contributed by atoms with Crippen molar-refractivity contribution in [2.45, 2.75) is 13.0 Å². The van der Waals surface area contributed by atoms with Gasteiger partial charge < -0.3 is 11.1 Å². The standard InChI is InChI=1S/C15H14BrClN2O/c1-9(10-3-2-4-12(16)7-10)19-15(20)11-5-6-13(17)14(18)8-11/h2-9H,18H2,1H3,(H,19,20). The summed E-state index contributed by atoms with van der Waals surface area (Å²) in [6.45, 7) is 1.93. The maximum absolute atomic E-state index is 12.2. The summed E-state index contributed by atoms with van der Waals surface area (Å²) in [4.78, 5) is 12.2. The topological polar surface area (TPSA) is 55.1 Å². The van der Waals surface area contributed by atoms with Crippen molar-refractivity contribution in [3.63, 3.8) is 0 Å². The molecule has 1 unspecified atom stereocenters. The molecule has 0 aromatic heterocycles. The van der Waals surface area contributed by atoms with Crippen molar-refractivity contribution in [2.75, 3.05) is 5.73 Å². The van der Waals surface area contributed by atoms with Crippen LogP contribution in [0.3, 0.4) is 0 Å². The van der Waals surface area contributed by atoms with Crippen LogP contribution in [0.5, 0.6) is 0 Å². The lowest BCUT2D eigenvalue weighted by molar-refractivity contribution is 0.0940. The van der Waals surface area contributed by atoms with Gasteiger partial charge in [0.25, 0.3) is 5.91 Å². The second-order valence-corrected chi connectivity index (χ2v) is 5.81. The fraction of sp³-hybridized carbons (Fsp3) is 0.133. The van der Waals surface area contributed by atoms with E-state index in [9.17, 15) is 4.79 Å². The fourth-order valence-corrected chi connectivity index (χ4v) is 2.36. The van der Waals surface area contributed by atoms with Crippen molar-refractivity contribution in [3.05, 3.63) is 63.1 Å². The Hall–Kier alpha value is -1.52. The number of carbonyl (C=O) groups excluding carboxylic acids is 1. The van der Waals surface area contributed by atoms with Crippen LogP contribution < -0.4 is 11.1 Å². The van der Waals surface area contributed by atoms with Gasteiger partial charge in [0, 0.05) is 10.0 Å². The Morgan fingerprint density at radius 3 is 2.70 bits per heavy atom. The number of nitrogen functional groups attached to an aromatic ring is 1. The molecule has 0 aliphatic heterocycles. The van der Waals surface area contributed by atoms with Crippen molar-refractivity contribution in [1.29, 1.82) is 0 Å². The SMILES string of the molecule is CC(NC(=O)c1ccc(Cl)c(N)c1)c1cccc(Br)c1. The summed E-state index contributed by atoms with van der Waals surface area (Å²) in [7, 11) is 0. The van der Waals surface area contributed by atoms with Crippen LogP contribution in [0.15, 0.2) is 46.9 Å². The minimum atomic E-state index is -0.180. The number of amides is 1. The Morgan fingerprint density at radius 2 is 2.05 bits per heavy atom. The molecule has 5 heteroatoms. The third kappa shape index (κ3) is 3.52. The summed E-state index contributed by atoms with van der Waals surface area (Å²) in [5.41, 5.74) is 7.62. The molecule has 3 N–H and O–H groups in total. The summed E-state index contributed by atoms with van der Waals surface area (Å²) in [5.74, 6) is -0.180. The molecule has 0 aliphatic carbocycles. The maximum atomic E-state index is 12.2. The Kier molecular flexibility index (Phi) is 4.68. The zero-order valence-corrected chi connectivity index (χ0v) is 13.2. The smallest absolute Gasteiger partial charge is 0.251 e. The monoisotopic (exact) mass is 352 g/mol. The van der Waals surface area contributed by atoms with Gasteiger partial charge in [-0.1, -0.05) is 39.7 Å². The number of hydrogen-bond acceptors (Lipinski definition) is 2.